The van der Waals surface area contributed by atoms with Crippen LogP contribution in [0.4, 0.5) is 5.69 Å². The van der Waals surface area contributed by atoms with Crippen LogP contribution in [0.3, 0.4) is 0 Å². The Labute approximate surface area is 112 Å². The number of likely N-dealkylation sites (N-methyl/N-ethyl adjacent to an activating group) is 1. The summed E-state index contributed by atoms with van der Waals surface area (Å²) in [7, 11) is 1.74. The van der Waals surface area contributed by atoms with Crippen LogP contribution in [-0.4, -0.2) is 32.3 Å². The highest BCUT2D eigenvalue weighted by Crippen LogP contribution is 2.19. The summed E-state index contributed by atoms with van der Waals surface area (Å²) in [6, 6.07) is 6.86. The van der Waals surface area contributed by atoms with Gasteiger partial charge in [-0.2, -0.15) is 5.26 Å². The Morgan fingerprint density at radius 2 is 2.26 bits per heavy atom. The molecule has 0 heterocycles. The number of hydrogen-bond acceptors (Lipinski definition) is 4. The first-order chi connectivity index (χ1) is 9.12. The lowest BCUT2D eigenvalue weighted by Crippen LogP contribution is -2.35. The van der Waals surface area contributed by atoms with Crippen molar-refractivity contribution in [2.24, 2.45) is 0 Å². The average Bonchev–Trinajstić information content (AvgIpc) is 2.44. The lowest BCUT2D eigenvalue weighted by molar-refractivity contribution is -0.119. The summed E-state index contributed by atoms with van der Waals surface area (Å²) in [6.07, 6.45) is 1.57. The van der Waals surface area contributed by atoms with Gasteiger partial charge in [0.15, 0.2) is 0 Å². The molecule has 0 unspecified atom stereocenters. The molecule has 1 rings (SSSR count). The number of nitrogens with zero attached hydrogens (tertiary/aromatic N) is 2. The van der Waals surface area contributed by atoms with E-state index < -0.39 is 0 Å². The molecule has 0 aromatic heterocycles. The third-order valence-electron chi connectivity index (χ3n) is 2.64. The van der Waals surface area contributed by atoms with E-state index in [1.165, 1.54) is 6.07 Å². The van der Waals surface area contributed by atoms with Crippen molar-refractivity contribution in [2.45, 2.75) is 13.3 Å². The molecule has 5 nitrogen and oxygen atoms in total. The number of nitrogens with one attached hydrogen (secondary N) is 1. The molecule has 0 spiro atoms. The van der Waals surface area contributed by atoms with Crippen molar-refractivity contribution >= 4 is 17.9 Å². The predicted molar refractivity (Wildman–Crippen MR) is 73.1 cm³/mol. The second kappa shape index (κ2) is 7.17. The molecule has 0 radical (unpaired) electrons. The number of amides is 1. The van der Waals surface area contributed by atoms with Gasteiger partial charge in [-0.05, 0) is 24.6 Å². The zero-order valence-electron chi connectivity index (χ0n) is 11.1. The van der Waals surface area contributed by atoms with Crippen LogP contribution in [0.2, 0.25) is 0 Å². The van der Waals surface area contributed by atoms with E-state index in [0.717, 1.165) is 6.42 Å². The highest BCUT2D eigenvalue weighted by molar-refractivity contribution is 5.83. The van der Waals surface area contributed by atoms with Crippen molar-refractivity contribution < 1.29 is 9.59 Å². The van der Waals surface area contributed by atoms with Crippen molar-refractivity contribution in [1.29, 1.82) is 5.26 Å². The van der Waals surface area contributed by atoms with E-state index in [0.29, 0.717) is 29.6 Å². The fraction of sp³-hybridized carbons (Fsp3) is 0.357. The number of aldehydes is 1. The summed E-state index contributed by atoms with van der Waals surface area (Å²) in [5.41, 5.74) is 1.47. The monoisotopic (exact) mass is 259 g/mol. The number of hydrogen-bond donors (Lipinski definition) is 1. The molecule has 0 atom stereocenters. The molecule has 1 amide bonds. The number of carbonyl (C=O) groups excluding carboxylic acids is 2. The van der Waals surface area contributed by atoms with Crippen LogP contribution >= 0.6 is 0 Å². The Kier molecular flexibility index (Phi) is 5.55. The molecule has 100 valence electrons. The zero-order chi connectivity index (χ0) is 14.3. The Hall–Kier alpha value is -2.35. The highest BCUT2D eigenvalue weighted by Gasteiger charge is 2.11. The number of rotatable bonds is 6. The fourth-order valence-corrected chi connectivity index (χ4v) is 1.67. The summed E-state index contributed by atoms with van der Waals surface area (Å²) in [5.74, 6) is -0.0901. The number of anilines is 1. The van der Waals surface area contributed by atoms with Gasteiger partial charge in [-0.15, -0.1) is 0 Å². The van der Waals surface area contributed by atoms with Crippen LogP contribution in [0.1, 0.15) is 29.3 Å². The van der Waals surface area contributed by atoms with E-state index in [9.17, 15) is 9.59 Å². The molecular weight excluding hydrogens is 242 g/mol. The maximum atomic E-state index is 11.6. The van der Waals surface area contributed by atoms with Crippen LogP contribution in [-0.2, 0) is 4.79 Å². The summed E-state index contributed by atoms with van der Waals surface area (Å²) < 4.78 is 0. The van der Waals surface area contributed by atoms with Crippen molar-refractivity contribution in [1.82, 2.24) is 5.32 Å². The first-order valence-corrected chi connectivity index (χ1v) is 6.09. The highest BCUT2D eigenvalue weighted by atomic mass is 16.2. The second-order valence-electron chi connectivity index (χ2n) is 4.21. The Morgan fingerprint density at radius 1 is 1.53 bits per heavy atom. The third-order valence-corrected chi connectivity index (χ3v) is 2.64. The lowest BCUT2D eigenvalue weighted by Gasteiger charge is -2.20. The first-order valence-electron chi connectivity index (χ1n) is 6.09. The van der Waals surface area contributed by atoms with E-state index in [-0.39, 0.29) is 12.5 Å². The van der Waals surface area contributed by atoms with E-state index in [4.69, 9.17) is 5.26 Å². The van der Waals surface area contributed by atoms with Gasteiger partial charge in [0, 0.05) is 19.2 Å². The quantitative estimate of drug-likeness (QED) is 0.782. The molecule has 1 N–H and O–H groups in total. The molecule has 0 aliphatic heterocycles. The molecule has 0 saturated carbocycles. The molecule has 5 heteroatoms. The van der Waals surface area contributed by atoms with Gasteiger partial charge in [-0.25, -0.2) is 0 Å². The van der Waals surface area contributed by atoms with Gasteiger partial charge in [-0.3, -0.25) is 9.59 Å². The molecule has 0 aliphatic rings. The normalized spacial score (nSPS) is 9.53. The topological polar surface area (TPSA) is 73.2 Å². The van der Waals surface area contributed by atoms with Crippen molar-refractivity contribution in [3.8, 4) is 6.07 Å². The summed E-state index contributed by atoms with van der Waals surface area (Å²) >= 11 is 0. The molecule has 0 fully saturated rings. The molecule has 19 heavy (non-hydrogen) atoms. The minimum atomic E-state index is -0.0901. The van der Waals surface area contributed by atoms with E-state index in [2.05, 4.69) is 5.32 Å². The van der Waals surface area contributed by atoms with Crippen LogP contribution in [0.15, 0.2) is 18.2 Å². The Bertz CT molecular complexity index is 506. The van der Waals surface area contributed by atoms with Crippen molar-refractivity contribution in [3.05, 3.63) is 29.3 Å². The van der Waals surface area contributed by atoms with E-state index in [1.54, 1.807) is 24.1 Å². The van der Waals surface area contributed by atoms with E-state index in [1.807, 2.05) is 13.0 Å². The molecular formula is C14H17N3O2. The van der Waals surface area contributed by atoms with Crippen LogP contribution in [0, 0.1) is 11.3 Å². The summed E-state index contributed by atoms with van der Waals surface area (Å²) in [6.45, 7) is 2.80. The smallest absolute Gasteiger partial charge is 0.239 e. The first kappa shape index (κ1) is 14.7. The van der Waals surface area contributed by atoms with Crippen LogP contribution < -0.4 is 10.2 Å². The van der Waals surface area contributed by atoms with Gasteiger partial charge in [0.25, 0.3) is 0 Å². The molecule has 0 saturated heterocycles. The summed E-state index contributed by atoms with van der Waals surface area (Å²) in [5, 5.41) is 11.8. The van der Waals surface area contributed by atoms with Gasteiger partial charge in [0.2, 0.25) is 5.91 Å². The van der Waals surface area contributed by atoms with Gasteiger partial charge >= 0.3 is 0 Å². The largest absolute Gasteiger partial charge is 0.364 e. The van der Waals surface area contributed by atoms with Gasteiger partial charge in [0.05, 0.1) is 17.8 Å². The maximum absolute atomic E-state index is 11.6. The molecule has 1 aromatic carbocycles. The number of benzene rings is 1. The van der Waals surface area contributed by atoms with Crippen molar-refractivity contribution in [2.75, 3.05) is 25.0 Å². The zero-order valence-corrected chi connectivity index (χ0v) is 11.1. The van der Waals surface area contributed by atoms with Gasteiger partial charge in [-0.1, -0.05) is 6.92 Å². The minimum absolute atomic E-state index is 0.0901. The average molecular weight is 259 g/mol. The standard InChI is InChI=1S/C14H17N3O2/c1-3-6-16-14(19)9-17(2)13-5-4-11(10-18)7-12(13)8-15/h4-5,7,10H,3,6,9H2,1-2H3,(H,16,19). The molecule has 0 aliphatic carbocycles. The van der Waals surface area contributed by atoms with Crippen LogP contribution in [0.5, 0.6) is 0 Å². The maximum Gasteiger partial charge on any atom is 0.239 e. The molecule has 1 aromatic rings. The number of nitriles is 1. The van der Waals surface area contributed by atoms with Crippen LogP contribution in [0.25, 0.3) is 0 Å². The van der Waals surface area contributed by atoms with Gasteiger partial charge in [0.1, 0.15) is 12.4 Å². The number of carbonyl (C=O) groups is 2. The Morgan fingerprint density at radius 3 is 2.84 bits per heavy atom. The van der Waals surface area contributed by atoms with Crippen molar-refractivity contribution in [3.63, 3.8) is 0 Å². The third kappa shape index (κ3) is 4.11. The van der Waals surface area contributed by atoms with E-state index >= 15 is 0 Å². The summed E-state index contributed by atoms with van der Waals surface area (Å²) in [4.78, 5) is 24.0. The fourth-order valence-electron chi connectivity index (χ4n) is 1.67. The minimum Gasteiger partial charge on any atom is -0.364 e. The predicted octanol–water partition coefficient (Wildman–Crippen LogP) is 1.33. The SMILES string of the molecule is CCCNC(=O)CN(C)c1ccc(C=O)cc1C#N. The second-order valence-corrected chi connectivity index (χ2v) is 4.21. The Balaban J connectivity index is 2.82. The molecule has 0 bridgehead atoms. The lowest BCUT2D eigenvalue weighted by atomic mass is 10.1. The van der Waals surface area contributed by atoms with Gasteiger partial charge < -0.3 is 10.2 Å².